The van der Waals surface area contributed by atoms with Gasteiger partial charge >= 0.3 is 0 Å². The van der Waals surface area contributed by atoms with Crippen molar-refractivity contribution in [3.05, 3.63) is 0 Å². The first-order valence-electron chi connectivity index (χ1n) is 15.5. The molecule has 0 heterocycles. The van der Waals surface area contributed by atoms with E-state index in [1.807, 2.05) is 3.71 Å². The van der Waals surface area contributed by atoms with Crippen molar-refractivity contribution >= 4 is 41.1 Å². The second kappa shape index (κ2) is 28.5. The average molecular weight is 564 g/mol. The van der Waals surface area contributed by atoms with E-state index >= 15 is 0 Å². The van der Waals surface area contributed by atoms with Crippen molar-refractivity contribution in [2.24, 2.45) is 0 Å². The summed E-state index contributed by atoms with van der Waals surface area (Å²) in [5.74, 6) is 2.05. The highest BCUT2D eigenvalue weighted by atomic mass is 32.2. The van der Waals surface area contributed by atoms with Gasteiger partial charge in [-0.05, 0) is 43.7 Å². The van der Waals surface area contributed by atoms with Gasteiger partial charge in [-0.15, -0.1) is 0 Å². The number of nitrogens with zero attached hydrogens (tertiary/aromatic N) is 1. The van der Waals surface area contributed by atoms with E-state index in [-0.39, 0.29) is 0 Å². The molecule has 0 aliphatic carbocycles. The van der Waals surface area contributed by atoms with Crippen LogP contribution in [-0.2, 0) is 0 Å². The maximum atomic E-state index is 10.3. The molecule has 0 bridgehead atoms. The molecule has 0 fully saturated rings. The Balaban J connectivity index is 3.91. The Kier molecular flexibility index (Phi) is 28.9. The van der Waals surface area contributed by atoms with Crippen molar-refractivity contribution in [2.45, 2.75) is 174 Å². The monoisotopic (exact) mass is 563 g/mol. The molecule has 0 spiro atoms. The van der Waals surface area contributed by atoms with Gasteiger partial charge in [0.2, 0.25) is 0 Å². The van der Waals surface area contributed by atoms with Crippen molar-refractivity contribution in [1.82, 2.24) is 3.71 Å². The first-order chi connectivity index (χ1) is 17.5. The van der Waals surface area contributed by atoms with Gasteiger partial charge in [-0.3, -0.25) is 0 Å². The molecule has 0 aromatic heterocycles. The number of aliphatic hydroxyl groups excluding tert-OH is 2. The van der Waals surface area contributed by atoms with Crippen LogP contribution >= 0.6 is 36.1 Å². The van der Waals surface area contributed by atoms with Crippen LogP contribution in [0.4, 0.5) is 0 Å². The second-order valence-corrected chi connectivity index (χ2v) is 13.2. The van der Waals surface area contributed by atoms with E-state index in [1.54, 1.807) is 30.8 Å². The van der Waals surface area contributed by atoms with Gasteiger partial charge < -0.3 is 10.2 Å². The Morgan fingerprint density at radius 3 is 1.11 bits per heavy atom. The third-order valence-corrected chi connectivity index (χ3v) is 9.90. The molecule has 0 rings (SSSR count). The number of unbranched alkanes of at least 4 members (excludes halogenated alkanes) is 20. The molecule has 0 aromatic rings. The Morgan fingerprint density at radius 2 is 0.833 bits per heavy atom. The highest BCUT2D eigenvalue weighted by Gasteiger charge is 2.23. The van der Waals surface area contributed by atoms with Crippen molar-refractivity contribution in [3.63, 3.8) is 0 Å². The summed E-state index contributed by atoms with van der Waals surface area (Å²) in [6, 6.07) is 0. The molecule has 0 aliphatic rings. The molecule has 0 aliphatic heterocycles. The zero-order chi connectivity index (χ0) is 26.7. The average Bonchev–Trinajstić information content (AvgIpc) is 2.87. The fourth-order valence-corrected chi connectivity index (χ4v) is 7.03. The van der Waals surface area contributed by atoms with Crippen LogP contribution in [0, 0.1) is 0 Å². The number of rotatable bonds is 28. The zero-order valence-electron chi connectivity index (χ0n) is 24.2. The Bertz CT molecular complexity index is 437. The summed E-state index contributed by atoms with van der Waals surface area (Å²) in [5, 5.41) is 20.1. The maximum absolute atomic E-state index is 10.3. The minimum absolute atomic E-state index is 0.464. The molecular weight excluding hydrogens is 503 g/mol. The predicted molar refractivity (Wildman–Crippen MR) is 170 cm³/mol. The fourth-order valence-electron chi connectivity index (χ4n) is 4.31. The molecule has 0 amide bonds. The largest absolute Gasteiger partial charge is 0.390 e. The Labute approximate surface area is 240 Å². The molecule has 0 aromatic carbocycles. The lowest BCUT2D eigenvalue weighted by Gasteiger charge is -2.26. The highest BCUT2D eigenvalue weighted by Crippen LogP contribution is 2.27. The third-order valence-electron chi connectivity index (χ3n) is 6.80. The van der Waals surface area contributed by atoms with Crippen molar-refractivity contribution in [3.8, 4) is 0 Å². The molecule has 0 saturated heterocycles. The van der Waals surface area contributed by atoms with E-state index in [2.05, 4.69) is 13.8 Å². The topological polar surface area (TPSA) is 43.7 Å². The summed E-state index contributed by atoms with van der Waals surface area (Å²) in [6.07, 6.45) is 27.9. The van der Waals surface area contributed by atoms with Crippen LogP contribution in [0.1, 0.15) is 162 Å². The normalized spacial score (nSPS) is 13.1. The minimum Gasteiger partial charge on any atom is -0.390 e. The van der Waals surface area contributed by atoms with Gasteiger partial charge in [0.25, 0.3) is 0 Å². The van der Waals surface area contributed by atoms with E-state index in [9.17, 15) is 10.2 Å². The third kappa shape index (κ3) is 23.6. The Hall–Kier alpha value is 0.510. The lowest BCUT2D eigenvalue weighted by atomic mass is 10.1. The van der Waals surface area contributed by atoms with Gasteiger partial charge in [0.1, 0.15) is 11.1 Å². The highest BCUT2D eigenvalue weighted by molar-refractivity contribution is 8.13. The van der Waals surface area contributed by atoms with Crippen LogP contribution in [0.25, 0.3) is 0 Å². The maximum Gasteiger partial charge on any atom is 0.131 e. The summed E-state index contributed by atoms with van der Waals surface area (Å²) < 4.78 is 2.01. The second-order valence-electron chi connectivity index (χ2n) is 10.5. The van der Waals surface area contributed by atoms with Gasteiger partial charge in [-0.1, -0.05) is 154 Å². The van der Waals surface area contributed by atoms with Gasteiger partial charge in [0.15, 0.2) is 0 Å². The lowest BCUT2D eigenvalue weighted by Crippen LogP contribution is -2.37. The molecule has 36 heavy (non-hydrogen) atoms. The van der Waals surface area contributed by atoms with Crippen LogP contribution in [-0.4, -0.2) is 42.6 Å². The van der Waals surface area contributed by atoms with E-state index < -0.39 is 12.2 Å². The number of hydrogen-bond acceptors (Lipinski definition) is 5. The smallest absolute Gasteiger partial charge is 0.131 e. The van der Waals surface area contributed by atoms with E-state index in [0.29, 0.717) is 4.99 Å². The Morgan fingerprint density at radius 1 is 0.556 bits per heavy atom. The SMILES string of the molecule is CCCCCCCCCCCCCSN(SCCCCCCCCCCCCC)C(=S)C(O)C(C)O. The van der Waals surface area contributed by atoms with Crippen LogP contribution in [0.3, 0.4) is 0 Å². The van der Waals surface area contributed by atoms with Crippen LogP contribution in [0.5, 0.6) is 0 Å². The molecule has 3 nitrogen and oxygen atoms in total. The molecule has 0 saturated carbocycles. The summed E-state index contributed by atoms with van der Waals surface area (Å²) in [4.78, 5) is 0.464. The molecule has 2 unspecified atom stereocenters. The molecule has 2 atom stereocenters. The number of hydrogen-bond donors (Lipinski definition) is 2. The van der Waals surface area contributed by atoms with Crippen molar-refractivity contribution in [1.29, 1.82) is 0 Å². The van der Waals surface area contributed by atoms with Crippen LogP contribution < -0.4 is 0 Å². The lowest BCUT2D eigenvalue weighted by molar-refractivity contribution is 0.0726. The van der Waals surface area contributed by atoms with Crippen LogP contribution in [0.2, 0.25) is 0 Å². The minimum atomic E-state index is -0.963. The number of thiocarbonyl (C=S) groups is 1. The summed E-state index contributed by atoms with van der Waals surface area (Å²) in [6.45, 7) is 6.16. The molecule has 2 N–H and O–H groups in total. The van der Waals surface area contributed by atoms with E-state index in [1.165, 1.54) is 141 Å². The zero-order valence-corrected chi connectivity index (χ0v) is 26.6. The van der Waals surface area contributed by atoms with E-state index in [0.717, 1.165) is 11.5 Å². The standard InChI is InChI=1S/C30H61NO2S3/c1-4-6-8-10-12-14-16-18-20-22-24-26-35-31(30(34)29(33)28(3)32)36-27-25-23-21-19-17-15-13-11-9-7-5-2/h28-29,32-33H,4-27H2,1-3H3. The molecule has 0 radical (unpaired) electrons. The van der Waals surface area contributed by atoms with Crippen molar-refractivity contribution < 1.29 is 10.2 Å². The van der Waals surface area contributed by atoms with Gasteiger partial charge in [0, 0.05) is 11.5 Å². The molecule has 6 heteroatoms. The predicted octanol–water partition coefficient (Wildman–Crippen LogP) is 10.3. The van der Waals surface area contributed by atoms with Crippen molar-refractivity contribution in [2.75, 3.05) is 11.5 Å². The van der Waals surface area contributed by atoms with Gasteiger partial charge in [-0.2, -0.15) is 0 Å². The van der Waals surface area contributed by atoms with E-state index in [4.69, 9.17) is 12.2 Å². The van der Waals surface area contributed by atoms with Gasteiger partial charge in [0.05, 0.1) is 6.10 Å². The number of aliphatic hydroxyl groups is 2. The fraction of sp³-hybridized carbons (Fsp3) is 0.967. The van der Waals surface area contributed by atoms with Crippen LogP contribution in [0.15, 0.2) is 0 Å². The summed E-state index contributed by atoms with van der Waals surface area (Å²) in [7, 11) is 0. The quantitative estimate of drug-likeness (QED) is 0.0561. The first kappa shape index (κ1) is 36.5. The molecule has 216 valence electrons. The summed E-state index contributed by atoms with van der Waals surface area (Å²) >= 11 is 8.97. The van der Waals surface area contributed by atoms with Gasteiger partial charge in [-0.25, -0.2) is 3.71 Å². The first-order valence-corrected chi connectivity index (χ1v) is 17.8. The summed E-state index contributed by atoms with van der Waals surface area (Å²) in [5.41, 5.74) is 0. The molecular formula is C30H61NO2S3.